The van der Waals surface area contributed by atoms with Crippen LogP contribution in [0.4, 0.5) is 0 Å². The highest BCUT2D eigenvalue weighted by Gasteiger charge is 2.26. The normalized spacial score (nSPS) is 22.1. The molecule has 3 heteroatoms. The van der Waals surface area contributed by atoms with Crippen molar-refractivity contribution in [1.29, 1.82) is 0 Å². The molecule has 0 aromatic heterocycles. The van der Waals surface area contributed by atoms with Crippen molar-refractivity contribution < 1.29 is 14.3 Å². The Morgan fingerprint density at radius 3 is 2.75 bits per heavy atom. The fraction of sp³-hybridized carbons (Fsp3) is 0.846. The van der Waals surface area contributed by atoms with Crippen molar-refractivity contribution in [2.75, 3.05) is 6.61 Å². The van der Waals surface area contributed by atoms with Gasteiger partial charge in [0.2, 0.25) is 0 Å². The van der Waals surface area contributed by atoms with Crippen molar-refractivity contribution in [3.8, 4) is 0 Å². The van der Waals surface area contributed by atoms with Crippen LogP contribution in [-0.4, -0.2) is 18.4 Å². The van der Waals surface area contributed by atoms with Crippen LogP contribution in [0.2, 0.25) is 0 Å². The third-order valence-corrected chi connectivity index (χ3v) is 3.01. The molecule has 3 nitrogen and oxygen atoms in total. The third-order valence-electron chi connectivity index (χ3n) is 3.01. The lowest BCUT2D eigenvalue weighted by molar-refractivity contribution is -0.148. The molecule has 0 N–H and O–H groups in total. The summed E-state index contributed by atoms with van der Waals surface area (Å²) < 4.78 is 4.93. The van der Waals surface area contributed by atoms with Gasteiger partial charge in [-0.3, -0.25) is 9.59 Å². The van der Waals surface area contributed by atoms with Crippen molar-refractivity contribution in [3.63, 3.8) is 0 Å². The quantitative estimate of drug-likeness (QED) is 0.695. The molecule has 0 aromatic carbocycles. The summed E-state index contributed by atoms with van der Waals surface area (Å²) in [4.78, 5) is 22.9. The van der Waals surface area contributed by atoms with Gasteiger partial charge >= 0.3 is 5.97 Å². The molecule has 1 saturated carbocycles. The summed E-state index contributed by atoms with van der Waals surface area (Å²) in [7, 11) is 0. The minimum absolute atomic E-state index is 0. The molecule has 1 aliphatic rings. The lowest BCUT2D eigenvalue weighted by Crippen LogP contribution is -2.25. The van der Waals surface area contributed by atoms with Gasteiger partial charge in [0, 0.05) is 12.3 Å². The SMILES string of the molecule is C.CCOC(=O)C(C)CC1CCCCC1=O. The van der Waals surface area contributed by atoms with Crippen LogP contribution in [0.5, 0.6) is 0 Å². The molecule has 2 unspecified atom stereocenters. The number of hydrogen-bond donors (Lipinski definition) is 0. The molecule has 0 saturated heterocycles. The first-order valence-electron chi connectivity index (χ1n) is 5.84. The number of hydrogen-bond acceptors (Lipinski definition) is 3. The molecule has 0 bridgehead atoms. The maximum absolute atomic E-state index is 11.6. The number of ether oxygens (including phenoxy) is 1. The highest BCUT2D eigenvalue weighted by atomic mass is 16.5. The number of carbonyl (C=O) groups excluding carboxylic acids is 2. The lowest BCUT2D eigenvalue weighted by Gasteiger charge is -2.22. The first-order chi connectivity index (χ1) is 7.15. The van der Waals surface area contributed by atoms with Crippen molar-refractivity contribution in [2.45, 2.75) is 53.4 Å². The number of ketones is 1. The van der Waals surface area contributed by atoms with E-state index >= 15 is 0 Å². The van der Waals surface area contributed by atoms with Crippen LogP contribution in [0, 0.1) is 11.8 Å². The maximum Gasteiger partial charge on any atom is 0.308 e. The molecule has 1 aliphatic carbocycles. The molecule has 0 aromatic rings. The predicted molar refractivity (Wildman–Crippen MR) is 64.1 cm³/mol. The molecular weight excluding hydrogens is 204 g/mol. The van der Waals surface area contributed by atoms with E-state index in [0.29, 0.717) is 25.2 Å². The van der Waals surface area contributed by atoms with E-state index in [-0.39, 0.29) is 25.2 Å². The first-order valence-corrected chi connectivity index (χ1v) is 5.84. The molecule has 94 valence electrons. The van der Waals surface area contributed by atoms with Gasteiger partial charge in [0.05, 0.1) is 12.5 Å². The zero-order valence-electron chi connectivity index (χ0n) is 9.62. The molecular formula is C13H24O3. The van der Waals surface area contributed by atoms with E-state index in [1.165, 1.54) is 0 Å². The molecule has 1 fully saturated rings. The summed E-state index contributed by atoms with van der Waals surface area (Å²) in [6.45, 7) is 4.07. The molecule has 0 radical (unpaired) electrons. The van der Waals surface area contributed by atoms with Crippen LogP contribution in [0.3, 0.4) is 0 Å². The summed E-state index contributed by atoms with van der Waals surface area (Å²) in [6.07, 6.45) is 4.44. The summed E-state index contributed by atoms with van der Waals surface area (Å²) in [5.74, 6) is 0.114. The van der Waals surface area contributed by atoms with Crippen LogP contribution in [0.1, 0.15) is 53.4 Å². The van der Waals surface area contributed by atoms with Gasteiger partial charge in [-0.15, -0.1) is 0 Å². The molecule has 2 atom stereocenters. The molecule has 0 amide bonds. The number of carbonyl (C=O) groups is 2. The van der Waals surface area contributed by atoms with Gasteiger partial charge < -0.3 is 4.74 Å². The Bertz CT molecular complexity index is 235. The van der Waals surface area contributed by atoms with Crippen molar-refractivity contribution in [1.82, 2.24) is 0 Å². The molecule has 16 heavy (non-hydrogen) atoms. The summed E-state index contributed by atoms with van der Waals surface area (Å²) in [5.41, 5.74) is 0. The Morgan fingerprint density at radius 1 is 1.50 bits per heavy atom. The zero-order chi connectivity index (χ0) is 11.3. The molecule has 0 spiro atoms. The highest BCUT2D eigenvalue weighted by Crippen LogP contribution is 2.26. The average molecular weight is 228 g/mol. The topological polar surface area (TPSA) is 43.4 Å². The van der Waals surface area contributed by atoms with E-state index in [1.54, 1.807) is 6.92 Å². The number of esters is 1. The largest absolute Gasteiger partial charge is 0.466 e. The van der Waals surface area contributed by atoms with Gasteiger partial charge in [0.15, 0.2) is 0 Å². The number of Topliss-reactive ketones (excluding diaryl/α,β-unsaturated/α-hetero) is 1. The summed E-state index contributed by atoms with van der Waals surface area (Å²) >= 11 is 0. The maximum atomic E-state index is 11.6. The Labute approximate surface area is 98.6 Å². The monoisotopic (exact) mass is 228 g/mol. The Balaban J connectivity index is 0.00000225. The van der Waals surface area contributed by atoms with Crippen LogP contribution in [0.25, 0.3) is 0 Å². The van der Waals surface area contributed by atoms with E-state index in [4.69, 9.17) is 4.74 Å². The van der Waals surface area contributed by atoms with E-state index in [2.05, 4.69) is 0 Å². The Kier molecular flexibility index (Phi) is 7.02. The van der Waals surface area contributed by atoms with Gasteiger partial charge in [0.1, 0.15) is 5.78 Å². The summed E-state index contributed by atoms with van der Waals surface area (Å²) in [6, 6.07) is 0. The smallest absolute Gasteiger partial charge is 0.308 e. The second-order valence-corrected chi connectivity index (χ2v) is 4.30. The van der Waals surface area contributed by atoms with Crippen LogP contribution >= 0.6 is 0 Å². The minimum Gasteiger partial charge on any atom is -0.466 e. The van der Waals surface area contributed by atoms with E-state index in [1.807, 2.05) is 6.92 Å². The second kappa shape index (κ2) is 7.42. The molecule has 1 rings (SSSR count). The fourth-order valence-electron chi connectivity index (χ4n) is 2.11. The van der Waals surface area contributed by atoms with Crippen LogP contribution < -0.4 is 0 Å². The van der Waals surface area contributed by atoms with Crippen LogP contribution in [0.15, 0.2) is 0 Å². The predicted octanol–water partition coefficient (Wildman–Crippen LogP) is 2.97. The van der Waals surface area contributed by atoms with Crippen molar-refractivity contribution in [3.05, 3.63) is 0 Å². The lowest BCUT2D eigenvalue weighted by atomic mass is 9.82. The van der Waals surface area contributed by atoms with Crippen molar-refractivity contribution in [2.24, 2.45) is 11.8 Å². The zero-order valence-corrected chi connectivity index (χ0v) is 9.62. The Hall–Kier alpha value is -0.860. The van der Waals surface area contributed by atoms with Crippen molar-refractivity contribution >= 4 is 11.8 Å². The second-order valence-electron chi connectivity index (χ2n) is 4.30. The Morgan fingerprint density at radius 2 is 2.19 bits per heavy atom. The third kappa shape index (κ3) is 4.33. The summed E-state index contributed by atoms with van der Waals surface area (Å²) in [5, 5.41) is 0. The van der Waals surface area contributed by atoms with Gasteiger partial charge in [0.25, 0.3) is 0 Å². The van der Waals surface area contributed by atoms with Gasteiger partial charge in [-0.1, -0.05) is 20.8 Å². The van der Waals surface area contributed by atoms with Gasteiger partial charge in [-0.05, 0) is 26.2 Å². The highest BCUT2D eigenvalue weighted by molar-refractivity contribution is 5.82. The standard InChI is InChI=1S/C12H20O3.CH4/c1-3-15-12(14)9(2)8-10-6-4-5-7-11(10)13;/h9-10H,3-8H2,1-2H3;1H4. The minimum atomic E-state index is -0.170. The van der Waals surface area contributed by atoms with E-state index in [0.717, 1.165) is 19.3 Å². The van der Waals surface area contributed by atoms with Gasteiger partial charge in [-0.25, -0.2) is 0 Å². The first kappa shape index (κ1) is 15.1. The molecule has 0 aliphatic heterocycles. The molecule has 0 heterocycles. The van der Waals surface area contributed by atoms with E-state index in [9.17, 15) is 9.59 Å². The van der Waals surface area contributed by atoms with Crippen LogP contribution in [-0.2, 0) is 14.3 Å². The number of rotatable bonds is 4. The fourth-order valence-corrected chi connectivity index (χ4v) is 2.11. The van der Waals surface area contributed by atoms with Gasteiger partial charge in [-0.2, -0.15) is 0 Å². The van der Waals surface area contributed by atoms with E-state index < -0.39 is 0 Å². The average Bonchev–Trinajstić information content (AvgIpc) is 2.21.